The first kappa shape index (κ1) is 22.5. The highest BCUT2D eigenvalue weighted by Gasteiger charge is 2.30. The number of aliphatic carboxylic acids is 1. The first-order valence-corrected chi connectivity index (χ1v) is 10.9. The molecule has 4 rings (SSSR count). The highest BCUT2D eigenvalue weighted by Crippen LogP contribution is 2.44. The second-order valence-corrected chi connectivity index (χ2v) is 8.27. The van der Waals surface area contributed by atoms with Crippen molar-refractivity contribution in [2.24, 2.45) is 5.92 Å². The summed E-state index contributed by atoms with van der Waals surface area (Å²) in [7, 11) is 0. The molecule has 33 heavy (non-hydrogen) atoms. The van der Waals surface area contributed by atoms with E-state index in [0.717, 1.165) is 22.3 Å². The van der Waals surface area contributed by atoms with Crippen LogP contribution in [0.25, 0.3) is 11.1 Å². The lowest BCUT2D eigenvalue weighted by molar-refractivity contribution is -0.146. The van der Waals surface area contributed by atoms with Gasteiger partial charge in [0.25, 0.3) is 0 Å². The summed E-state index contributed by atoms with van der Waals surface area (Å²) in [6, 6.07) is 15.8. The van der Waals surface area contributed by atoms with Crippen molar-refractivity contribution in [3.8, 4) is 11.1 Å². The van der Waals surface area contributed by atoms with Gasteiger partial charge in [0.2, 0.25) is 5.91 Å². The number of carbonyl (C=O) groups is 3. The number of carboxylic acid groups (broad SMARTS) is 1. The average molecular weight is 450 g/mol. The quantitative estimate of drug-likeness (QED) is 0.480. The number of hydrogen-bond acceptors (Lipinski definition) is 5. The number of fused-ring (bicyclic) bond motifs is 3. The number of alkyl carbamates (subject to hydrolysis) is 1. The van der Waals surface area contributed by atoms with Gasteiger partial charge in [-0.2, -0.15) is 0 Å². The molecule has 2 aromatic rings. The van der Waals surface area contributed by atoms with Crippen LogP contribution in [0.2, 0.25) is 0 Å². The van der Waals surface area contributed by atoms with Crippen LogP contribution in [-0.2, 0) is 14.3 Å². The Morgan fingerprint density at radius 3 is 2.30 bits per heavy atom. The second kappa shape index (κ2) is 9.87. The highest BCUT2D eigenvalue weighted by molar-refractivity contribution is 5.81. The van der Waals surface area contributed by atoms with Gasteiger partial charge in [-0.1, -0.05) is 60.7 Å². The van der Waals surface area contributed by atoms with Crippen molar-refractivity contribution in [1.82, 2.24) is 10.6 Å². The summed E-state index contributed by atoms with van der Waals surface area (Å²) in [6.07, 6.45) is 2.23. The zero-order valence-corrected chi connectivity index (χ0v) is 17.9. The zero-order chi connectivity index (χ0) is 23.4. The Hall–Kier alpha value is -3.65. The van der Waals surface area contributed by atoms with E-state index in [2.05, 4.69) is 34.9 Å². The van der Waals surface area contributed by atoms with Gasteiger partial charge in [0.15, 0.2) is 6.10 Å². The molecule has 2 aromatic carbocycles. The van der Waals surface area contributed by atoms with Crippen LogP contribution in [0.4, 0.5) is 4.79 Å². The van der Waals surface area contributed by atoms with E-state index in [1.165, 1.54) is 0 Å². The molecule has 2 aliphatic carbocycles. The molecular weight excluding hydrogens is 424 g/mol. The third-order valence-corrected chi connectivity index (χ3v) is 6.10. The topological polar surface area (TPSA) is 125 Å². The van der Waals surface area contributed by atoms with Gasteiger partial charge in [-0.05, 0) is 35.1 Å². The van der Waals surface area contributed by atoms with Crippen molar-refractivity contribution in [2.75, 3.05) is 13.2 Å². The summed E-state index contributed by atoms with van der Waals surface area (Å²) < 4.78 is 5.56. The van der Waals surface area contributed by atoms with Gasteiger partial charge in [-0.25, -0.2) is 9.59 Å². The van der Waals surface area contributed by atoms with Gasteiger partial charge >= 0.3 is 12.1 Å². The number of amides is 2. The van der Waals surface area contributed by atoms with Gasteiger partial charge in [0.05, 0.1) is 12.6 Å². The van der Waals surface area contributed by atoms with E-state index in [9.17, 15) is 19.5 Å². The van der Waals surface area contributed by atoms with E-state index in [0.29, 0.717) is 12.8 Å². The molecular formula is C25H26N2O6. The van der Waals surface area contributed by atoms with E-state index < -0.39 is 24.1 Å². The van der Waals surface area contributed by atoms with E-state index in [1.807, 2.05) is 30.3 Å². The van der Waals surface area contributed by atoms with Gasteiger partial charge in [-0.3, -0.25) is 4.79 Å². The molecule has 2 amide bonds. The summed E-state index contributed by atoms with van der Waals surface area (Å²) in [4.78, 5) is 35.5. The number of ether oxygens (including phenoxy) is 1. The van der Waals surface area contributed by atoms with E-state index in [4.69, 9.17) is 9.84 Å². The zero-order valence-electron chi connectivity index (χ0n) is 17.9. The summed E-state index contributed by atoms with van der Waals surface area (Å²) >= 11 is 0. The standard InChI is InChI=1S/C25H26N2O6/c28-22(24(30)31)13-26-23(29)15-6-5-7-16(12-15)27-25(32)33-14-21-19-10-3-1-8-17(19)18-9-2-4-11-20(18)21/h1-5,7-11,15-16,21-22,28H,6,12-14H2,(H,26,29)(H,27,32)(H,30,31). The maximum absolute atomic E-state index is 12.5. The Morgan fingerprint density at radius 1 is 1.03 bits per heavy atom. The maximum Gasteiger partial charge on any atom is 0.407 e. The predicted molar refractivity (Wildman–Crippen MR) is 121 cm³/mol. The molecule has 0 fully saturated rings. The fraction of sp³-hybridized carbons (Fsp3) is 0.320. The molecule has 0 radical (unpaired) electrons. The molecule has 0 spiro atoms. The fourth-order valence-corrected chi connectivity index (χ4v) is 4.43. The van der Waals surface area contributed by atoms with Crippen LogP contribution in [0.15, 0.2) is 60.7 Å². The predicted octanol–water partition coefficient (Wildman–Crippen LogP) is 2.42. The number of rotatable bonds is 7. The number of allylic oxidation sites excluding steroid dienone is 1. The second-order valence-electron chi connectivity index (χ2n) is 8.27. The summed E-state index contributed by atoms with van der Waals surface area (Å²) in [5.41, 5.74) is 4.56. The summed E-state index contributed by atoms with van der Waals surface area (Å²) in [5, 5.41) is 23.3. The molecule has 2 aliphatic rings. The number of aliphatic hydroxyl groups excluding tert-OH is 1. The van der Waals surface area contributed by atoms with Crippen molar-refractivity contribution in [3.63, 3.8) is 0 Å². The molecule has 0 saturated carbocycles. The van der Waals surface area contributed by atoms with Crippen LogP contribution in [-0.4, -0.2) is 53.5 Å². The van der Waals surface area contributed by atoms with Crippen LogP contribution in [0.1, 0.15) is 29.9 Å². The molecule has 3 atom stereocenters. The number of benzene rings is 2. The van der Waals surface area contributed by atoms with Gasteiger partial charge in [0, 0.05) is 11.8 Å². The minimum Gasteiger partial charge on any atom is -0.479 e. The van der Waals surface area contributed by atoms with Gasteiger partial charge in [-0.15, -0.1) is 0 Å². The number of hydrogen-bond donors (Lipinski definition) is 4. The third kappa shape index (κ3) is 5.06. The normalized spacial score (nSPS) is 19.8. The monoisotopic (exact) mass is 450 g/mol. The number of aliphatic hydroxyl groups is 1. The van der Waals surface area contributed by atoms with E-state index in [1.54, 1.807) is 6.08 Å². The molecule has 4 N–H and O–H groups in total. The first-order chi connectivity index (χ1) is 15.9. The molecule has 8 nitrogen and oxygen atoms in total. The maximum atomic E-state index is 12.5. The van der Waals surface area contributed by atoms with Crippen molar-refractivity contribution < 1.29 is 29.3 Å². The fourth-order valence-electron chi connectivity index (χ4n) is 4.43. The molecule has 0 bridgehead atoms. The average Bonchev–Trinajstić information content (AvgIpc) is 3.15. The molecule has 172 valence electrons. The van der Waals surface area contributed by atoms with Crippen molar-refractivity contribution in [1.29, 1.82) is 0 Å². The van der Waals surface area contributed by atoms with Crippen LogP contribution >= 0.6 is 0 Å². The third-order valence-electron chi connectivity index (χ3n) is 6.10. The molecule has 0 saturated heterocycles. The Labute approximate surface area is 191 Å². The molecule has 0 aromatic heterocycles. The van der Waals surface area contributed by atoms with Crippen molar-refractivity contribution >= 4 is 18.0 Å². The first-order valence-electron chi connectivity index (χ1n) is 10.9. The van der Waals surface area contributed by atoms with Crippen LogP contribution in [0.5, 0.6) is 0 Å². The Balaban J connectivity index is 1.31. The van der Waals surface area contributed by atoms with E-state index in [-0.39, 0.29) is 31.0 Å². The highest BCUT2D eigenvalue weighted by atomic mass is 16.5. The smallest absolute Gasteiger partial charge is 0.407 e. The largest absolute Gasteiger partial charge is 0.479 e. The molecule has 0 aliphatic heterocycles. The lowest BCUT2D eigenvalue weighted by Crippen LogP contribution is -2.43. The van der Waals surface area contributed by atoms with Gasteiger partial charge in [0.1, 0.15) is 6.61 Å². The van der Waals surface area contributed by atoms with Crippen LogP contribution in [0.3, 0.4) is 0 Å². The number of nitrogens with one attached hydrogen (secondary N) is 2. The molecule has 3 unspecified atom stereocenters. The SMILES string of the molecule is O=C(NC1C=CCC(C(=O)NCC(O)C(=O)O)C1)OCC1c2ccccc2-c2ccccc21. The van der Waals surface area contributed by atoms with Gasteiger partial charge < -0.3 is 25.6 Å². The minimum atomic E-state index is -1.65. The Kier molecular flexibility index (Phi) is 6.74. The Morgan fingerprint density at radius 2 is 1.67 bits per heavy atom. The molecule has 0 heterocycles. The molecule has 8 heteroatoms. The lowest BCUT2D eigenvalue weighted by Gasteiger charge is -2.25. The number of carboxylic acids is 1. The lowest BCUT2D eigenvalue weighted by atomic mass is 9.90. The minimum absolute atomic E-state index is 0.0377. The van der Waals surface area contributed by atoms with Crippen LogP contribution in [0, 0.1) is 5.92 Å². The van der Waals surface area contributed by atoms with Crippen LogP contribution < -0.4 is 10.6 Å². The van der Waals surface area contributed by atoms with E-state index >= 15 is 0 Å². The van der Waals surface area contributed by atoms with Crippen molar-refractivity contribution in [2.45, 2.75) is 30.9 Å². The number of carbonyl (C=O) groups excluding carboxylic acids is 2. The Bertz CT molecular complexity index is 1040. The van der Waals surface area contributed by atoms with Crippen molar-refractivity contribution in [3.05, 3.63) is 71.8 Å². The summed E-state index contributed by atoms with van der Waals surface area (Å²) in [6.45, 7) is -0.161. The summed E-state index contributed by atoms with van der Waals surface area (Å²) in [5.74, 6) is -2.23.